The molecular weight excluding hydrogens is 246 g/mol. The summed E-state index contributed by atoms with van der Waals surface area (Å²) >= 11 is 0. The molecule has 110 valence electrons. The van der Waals surface area contributed by atoms with Crippen LogP contribution in [0.3, 0.4) is 0 Å². The van der Waals surface area contributed by atoms with Gasteiger partial charge in [-0.15, -0.1) is 0 Å². The lowest BCUT2D eigenvalue weighted by atomic mass is 10.1. The van der Waals surface area contributed by atoms with Crippen molar-refractivity contribution in [2.75, 3.05) is 38.5 Å². The van der Waals surface area contributed by atoms with Gasteiger partial charge in [-0.05, 0) is 56.6 Å². The Bertz CT molecular complexity index is 458. The molecule has 0 spiro atoms. The van der Waals surface area contributed by atoms with Crippen molar-refractivity contribution in [3.8, 4) is 0 Å². The zero-order valence-electron chi connectivity index (χ0n) is 12.9. The molecule has 3 heteroatoms. The highest BCUT2D eigenvalue weighted by Crippen LogP contribution is 2.24. The van der Waals surface area contributed by atoms with Crippen LogP contribution in [0.1, 0.15) is 30.9 Å². The Morgan fingerprint density at radius 2 is 2.30 bits per heavy atom. The van der Waals surface area contributed by atoms with Crippen LogP contribution < -0.4 is 5.32 Å². The van der Waals surface area contributed by atoms with E-state index in [-0.39, 0.29) is 0 Å². The molecule has 20 heavy (non-hydrogen) atoms. The molecule has 0 bridgehead atoms. The number of hydrogen-bond acceptors (Lipinski definition) is 3. The maximum atomic E-state index is 3.43. The van der Waals surface area contributed by atoms with Crippen molar-refractivity contribution >= 4 is 5.69 Å². The first-order chi connectivity index (χ1) is 9.76. The first-order valence-corrected chi connectivity index (χ1v) is 8.04. The Morgan fingerprint density at radius 1 is 1.40 bits per heavy atom. The van der Waals surface area contributed by atoms with Crippen LogP contribution >= 0.6 is 0 Å². The molecule has 3 nitrogen and oxygen atoms in total. The van der Waals surface area contributed by atoms with Gasteiger partial charge in [0.15, 0.2) is 0 Å². The van der Waals surface area contributed by atoms with E-state index in [0.717, 1.165) is 19.1 Å². The van der Waals surface area contributed by atoms with E-state index in [0.29, 0.717) is 0 Å². The third kappa shape index (κ3) is 2.99. The lowest BCUT2D eigenvalue weighted by Gasteiger charge is -2.27. The van der Waals surface area contributed by atoms with Crippen molar-refractivity contribution in [1.82, 2.24) is 9.80 Å². The molecule has 0 amide bonds. The molecule has 1 atom stereocenters. The summed E-state index contributed by atoms with van der Waals surface area (Å²) in [5.41, 5.74) is 4.28. The average molecular weight is 273 g/mol. The third-order valence-electron chi connectivity index (χ3n) is 4.76. The molecule has 1 aromatic rings. The summed E-state index contributed by atoms with van der Waals surface area (Å²) < 4.78 is 0. The number of hydrogen-bond donors (Lipinski definition) is 1. The molecule has 1 N–H and O–H groups in total. The number of benzene rings is 1. The highest BCUT2D eigenvalue weighted by molar-refractivity contribution is 5.56. The van der Waals surface area contributed by atoms with Gasteiger partial charge in [0.1, 0.15) is 0 Å². The van der Waals surface area contributed by atoms with Crippen LogP contribution in [0, 0.1) is 0 Å². The van der Waals surface area contributed by atoms with E-state index >= 15 is 0 Å². The Labute approximate surface area is 123 Å². The summed E-state index contributed by atoms with van der Waals surface area (Å²) in [6.45, 7) is 8.14. The number of likely N-dealkylation sites (tertiary alicyclic amines) is 1. The molecule has 0 aliphatic carbocycles. The monoisotopic (exact) mass is 273 g/mol. The summed E-state index contributed by atoms with van der Waals surface area (Å²) in [6, 6.07) is 7.68. The van der Waals surface area contributed by atoms with Gasteiger partial charge in [-0.3, -0.25) is 4.90 Å². The molecular formula is C17H27N3. The highest BCUT2D eigenvalue weighted by atomic mass is 15.2. The Kier molecular flexibility index (Phi) is 4.27. The third-order valence-corrected chi connectivity index (χ3v) is 4.76. The molecule has 2 aliphatic heterocycles. The number of rotatable bonds is 5. The van der Waals surface area contributed by atoms with Crippen molar-refractivity contribution in [3.63, 3.8) is 0 Å². The first kappa shape index (κ1) is 13.9. The predicted molar refractivity (Wildman–Crippen MR) is 85.2 cm³/mol. The van der Waals surface area contributed by atoms with Crippen LogP contribution in [0.2, 0.25) is 0 Å². The minimum Gasteiger partial charge on any atom is -0.384 e. The van der Waals surface area contributed by atoms with Gasteiger partial charge in [-0.1, -0.05) is 19.1 Å². The van der Waals surface area contributed by atoms with Crippen molar-refractivity contribution in [1.29, 1.82) is 0 Å². The van der Waals surface area contributed by atoms with Gasteiger partial charge in [-0.2, -0.15) is 0 Å². The maximum absolute atomic E-state index is 3.43. The molecule has 2 heterocycles. The number of fused-ring (bicyclic) bond motifs is 1. The number of likely N-dealkylation sites (N-methyl/N-ethyl adjacent to an activating group) is 2. The lowest BCUT2D eigenvalue weighted by molar-refractivity contribution is 0.195. The van der Waals surface area contributed by atoms with E-state index in [1.165, 1.54) is 55.7 Å². The summed E-state index contributed by atoms with van der Waals surface area (Å²) in [6.07, 6.45) is 3.92. The molecule has 0 saturated carbocycles. The van der Waals surface area contributed by atoms with E-state index in [9.17, 15) is 0 Å². The quantitative estimate of drug-likeness (QED) is 0.889. The normalized spacial score (nSPS) is 22.2. The van der Waals surface area contributed by atoms with Crippen LogP contribution in [0.5, 0.6) is 0 Å². The topological polar surface area (TPSA) is 18.5 Å². The maximum Gasteiger partial charge on any atom is 0.0373 e. The molecule has 2 aliphatic rings. The first-order valence-electron chi connectivity index (χ1n) is 8.04. The number of anilines is 1. The second-order valence-corrected chi connectivity index (χ2v) is 6.29. The lowest BCUT2D eigenvalue weighted by Crippen LogP contribution is -2.38. The second kappa shape index (κ2) is 6.15. The average Bonchev–Trinajstić information content (AvgIpc) is 3.06. The van der Waals surface area contributed by atoms with Gasteiger partial charge >= 0.3 is 0 Å². The van der Waals surface area contributed by atoms with E-state index in [2.05, 4.69) is 47.3 Å². The zero-order chi connectivity index (χ0) is 13.9. The fourth-order valence-corrected chi connectivity index (χ4v) is 3.71. The highest BCUT2D eigenvalue weighted by Gasteiger charge is 2.24. The van der Waals surface area contributed by atoms with Crippen LogP contribution in [-0.2, 0) is 13.0 Å². The molecule has 3 rings (SSSR count). The van der Waals surface area contributed by atoms with Gasteiger partial charge in [0, 0.05) is 31.4 Å². The van der Waals surface area contributed by atoms with Crippen LogP contribution in [-0.4, -0.2) is 49.1 Å². The van der Waals surface area contributed by atoms with E-state index in [4.69, 9.17) is 0 Å². The van der Waals surface area contributed by atoms with Crippen molar-refractivity contribution in [3.05, 3.63) is 29.3 Å². The fraction of sp³-hybridized carbons (Fsp3) is 0.647. The van der Waals surface area contributed by atoms with Crippen molar-refractivity contribution in [2.24, 2.45) is 0 Å². The summed E-state index contributed by atoms with van der Waals surface area (Å²) in [7, 11) is 2.26. The summed E-state index contributed by atoms with van der Waals surface area (Å²) in [5.74, 6) is 0. The van der Waals surface area contributed by atoms with E-state index in [1.54, 1.807) is 0 Å². The van der Waals surface area contributed by atoms with Gasteiger partial charge < -0.3 is 10.2 Å². The molecule has 1 aromatic carbocycles. The summed E-state index contributed by atoms with van der Waals surface area (Å²) in [4.78, 5) is 5.12. The molecule has 0 aromatic heterocycles. The number of nitrogens with zero attached hydrogens (tertiary/aromatic N) is 2. The van der Waals surface area contributed by atoms with Crippen molar-refractivity contribution < 1.29 is 0 Å². The number of nitrogens with one attached hydrogen (secondary N) is 1. The Morgan fingerprint density at radius 3 is 3.15 bits per heavy atom. The van der Waals surface area contributed by atoms with Gasteiger partial charge in [0.25, 0.3) is 0 Å². The molecule has 1 fully saturated rings. The van der Waals surface area contributed by atoms with Gasteiger partial charge in [0.2, 0.25) is 0 Å². The van der Waals surface area contributed by atoms with Crippen LogP contribution in [0.15, 0.2) is 18.2 Å². The zero-order valence-corrected chi connectivity index (χ0v) is 12.9. The minimum atomic E-state index is 0.765. The SMILES string of the molecule is CCN1CCCC1CN(C)Cc1ccc2c(c1)CCN2. The Balaban J connectivity index is 1.57. The molecule has 1 saturated heterocycles. The smallest absolute Gasteiger partial charge is 0.0373 e. The fourth-order valence-electron chi connectivity index (χ4n) is 3.71. The Hall–Kier alpha value is -1.06. The van der Waals surface area contributed by atoms with Crippen LogP contribution in [0.25, 0.3) is 0 Å². The minimum absolute atomic E-state index is 0.765. The van der Waals surface area contributed by atoms with Crippen LogP contribution in [0.4, 0.5) is 5.69 Å². The molecule has 1 unspecified atom stereocenters. The standard InChI is InChI=1S/C17H27N3/c1-3-20-10-4-5-16(20)13-19(2)12-14-6-7-17-15(11-14)8-9-18-17/h6-7,11,16,18H,3-5,8-10,12-13H2,1-2H3. The second-order valence-electron chi connectivity index (χ2n) is 6.29. The van der Waals surface area contributed by atoms with Gasteiger partial charge in [-0.25, -0.2) is 0 Å². The van der Waals surface area contributed by atoms with Gasteiger partial charge in [0.05, 0.1) is 0 Å². The molecule has 0 radical (unpaired) electrons. The predicted octanol–water partition coefficient (Wildman–Crippen LogP) is 2.57. The van der Waals surface area contributed by atoms with E-state index in [1.807, 2.05) is 0 Å². The summed E-state index contributed by atoms with van der Waals surface area (Å²) in [5, 5.41) is 3.43. The van der Waals surface area contributed by atoms with E-state index < -0.39 is 0 Å². The largest absolute Gasteiger partial charge is 0.384 e. The van der Waals surface area contributed by atoms with Crippen molar-refractivity contribution in [2.45, 2.75) is 38.8 Å².